The number of benzene rings is 3. The van der Waals surface area contributed by atoms with E-state index in [0.717, 1.165) is 24.5 Å². The molecule has 5 rings (SSSR count). The Bertz CT molecular complexity index is 1180. The van der Waals surface area contributed by atoms with E-state index in [4.69, 9.17) is 4.74 Å². The molecule has 2 aliphatic rings. The van der Waals surface area contributed by atoms with Gasteiger partial charge in [-0.2, -0.15) is 0 Å². The standard InChI is InChI=1S/C27H25N3O4/c31-25(28-16-22-18-29(14-15-34-22)17-19-6-2-1-3-7-19)20-10-12-21(13-11-20)30-26(32)23-8-4-5-9-24(23)27(30)33/h1-13,22H,14-18H2,(H,28,31). The molecule has 1 fully saturated rings. The molecule has 3 amide bonds. The van der Waals surface area contributed by atoms with E-state index in [1.54, 1.807) is 48.5 Å². The van der Waals surface area contributed by atoms with E-state index in [-0.39, 0.29) is 23.8 Å². The number of nitrogens with one attached hydrogen (secondary N) is 1. The highest BCUT2D eigenvalue weighted by molar-refractivity contribution is 6.34. The molecular formula is C27H25N3O4. The number of anilines is 1. The van der Waals surface area contributed by atoms with Crippen LogP contribution in [0.25, 0.3) is 0 Å². The largest absolute Gasteiger partial charge is 0.374 e. The van der Waals surface area contributed by atoms with Crippen LogP contribution in [0.15, 0.2) is 78.9 Å². The van der Waals surface area contributed by atoms with E-state index < -0.39 is 0 Å². The fourth-order valence-electron chi connectivity index (χ4n) is 4.38. The summed E-state index contributed by atoms with van der Waals surface area (Å²) in [5.74, 6) is -0.933. The van der Waals surface area contributed by atoms with Crippen molar-refractivity contribution in [2.75, 3.05) is 31.1 Å². The molecule has 1 saturated heterocycles. The van der Waals surface area contributed by atoms with E-state index in [1.165, 1.54) is 5.56 Å². The maximum atomic E-state index is 12.7. The van der Waals surface area contributed by atoms with Gasteiger partial charge in [-0.15, -0.1) is 0 Å². The number of hydrogen-bond acceptors (Lipinski definition) is 5. The number of fused-ring (bicyclic) bond motifs is 1. The van der Waals surface area contributed by atoms with Crippen molar-refractivity contribution in [2.24, 2.45) is 0 Å². The molecule has 0 radical (unpaired) electrons. The Morgan fingerprint density at radius 3 is 2.21 bits per heavy atom. The zero-order valence-corrected chi connectivity index (χ0v) is 18.6. The first kappa shape index (κ1) is 22.0. The Morgan fingerprint density at radius 1 is 0.882 bits per heavy atom. The first-order valence-electron chi connectivity index (χ1n) is 11.3. The number of morpholine rings is 1. The lowest BCUT2D eigenvalue weighted by Crippen LogP contribution is -2.47. The smallest absolute Gasteiger partial charge is 0.266 e. The molecule has 3 aromatic carbocycles. The van der Waals surface area contributed by atoms with Crippen molar-refractivity contribution in [3.63, 3.8) is 0 Å². The Labute approximate surface area is 197 Å². The van der Waals surface area contributed by atoms with Crippen molar-refractivity contribution >= 4 is 23.4 Å². The first-order chi connectivity index (χ1) is 16.6. The van der Waals surface area contributed by atoms with Crippen LogP contribution in [0.1, 0.15) is 36.6 Å². The fraction of sp³-hybridized carbons (Fsp3) is 0.222. The number of hydrogen-bond donors (Lipinski definition) is 1. The molecule has 1 unspecified atom stereocenters. The summed E-state index contributed by atoms with van der Waals surface area (Å²) in [7, 11) is 0. The summed E-state index contributed by atoms with van der Waals surface area (Å²) < 4.78 is 5.84. The minimum absolute atomic E-state index is 0.0842. The molecule has 0 aromatic heterocycles. The fourth-order valence-corrected chi connectivity index (χ4v) is 4.38. The third-order valence-electron chi connectivity index (χ3n) is 6.14. The second-order valence-electron chi connectivity index (χ2n) is 8.46. The van der Waals surface area contributed by atoms with Crippen molar-refractivity contribution in [1.29, 1.82) is 0 Å². The minimum Gasteiger partial charge on any atom is -0.374 e. The third kappa shape index (κ3) is 4.48. The zero-order valence-electron chi connectivity index (χ0n) is 18.6. The van der Waals surface area contributed by atoms with Gasteiger partial charge in [0.15, 0.2) is 0 Å². The zero-order chi connectivity index (χ0) is 23.5. The average molecular weight is 456 g/mol. The lowest BCUT2D eigenvalue weighted by atomic mass is 10.1. The first-order valence-corrected chi connectivity index (χ1v) is 11.3. The van der Waals surface area contributed by atoms with Crippen molar-refractivity contribution < 1.29 is 19.1 Å². The Balaban J connectivity index is 1.17. The van der Waals surface area contributed by atoms with Gasteiger partial charge in [-0.25, -0.2) is 4.90 Å². The van der Waals surface area contributed by atoms with Crippen LogP contribution in [0.3, 0.4) is 0 Å². The number of imide groups is 1. The molecule has 2 heterocycles. The summed E-state index contributed by atoms with van der Waals surface area (Å²) in [4.78, 5) is 41.4. The molecule has 7 heteroatoms. The summed E-state index contributed by atoms with van der Waals surface area (Å²) in [6, 6.07) is 23.5. The topological polar surface area (TPSA) is 79.0 Å². The molecule has 0 saturated carbocycles. The van der Waals surface area contributed by atoms with E-state index in [9.17, 15) is 14.4 Å². The lowest BCUT2D eigenvalue weighted by molar-refractivity contribution is -0.0292. The van der Waals surface area contributed by atoms with Gasteiger partial charge in [0.1, 0.15) is 0 Å². The van der Waals surface area contributed by atoms with Crippen molar-refractivity contribution in [3.05, 3.63) is 101 Å². The van der Waals surface area contributed by atoms with Crippen LogP contribution in [-0.4, -0.2) is 55.0 Å². The Kier molecular flexibility index (Phi) is 6.20. The van der Waals surface area contributed by atoms with Crippen molar-refractivity contribution in [3.8, 4) is 0 Å². The van der Waals surface area contributed by atoms with Crippen LogP contribution in [0.5, 0.6) is 0 Å². The van der Waals surface area contributed by atoms with E-state index in [2.05, 4.69) is 22.3 Å². The van der Waals surface area contributed by atoms with Crippen LogP contribution < -0.4 is 10.2 Å². The normalized spacial score (nSPS) is 18.1. The van der Waals surface area contributed by atoms with Crippen LogP contribution in [0, 0.1) is 0 Å². The van der Waals surface area contributed by atoms with Gasteiger partial charge in [-0.1, -0.05) is 42.5 Å². The van der Waals surface area contributed by atoms with Gasteiger partial charge < -0.3 is 10.1 Å². The second-order valence-corrected chi connectivity index (χ2v) is 8.46. The van der Waals surface area contributed by atoms with Gasteiger partial charge in [-0.05, 0) is 42.0 Å². The highest BCUT2D eigenvalue weighted by Gasteiger charge is 2.36. The average Bonchev–Trinajstić information content (AvgIpc) is 3.13. The molecule has 172 valence electrons. The number of ether oxygens (including phenoxy) is 1. The number of rotatable bonds is 6. The molecule has 3 aromatic rings. The molecule has 34 heavy (non-hydrogen) atoms. The van der Waals surface area contributed by atoms with Crippen molar-refractivity contribution in [2.45, 2.75) is 12.6 Å². The highest BCUT2D eigenvalue weighted by Crippen LogP contribution is 2.28. The predicted molar refractivity (Wildman–Crippen MR) is 128 cm³/mol. The maximum absolute atomic E-state index is 12.7. The van der Waals surface area contributed by atoms with Gasteiger partial charge in [0.25, 0.3) is 17.7 Å². The Morgan fingerprint density at radius 2 is 1.53 bits per heavy atom. The van der Waals surface area contributed by atoms with Crippen LogP contribution >= 0.6 is 0 Å². The van der Waals surface area contributed by atoms with Crippen LogP contribution in [0.4, 0.5) is 5.69 Å². The second kappa shape index (κ2) is 9.59. The Hall–Kier alpha value is -3.81. The summed E-state index contributed by atoms with van der Waals surface area (Å²) in [6.45, 7) is 3.49. The molecule has 2 aliphatic heterocycles. The summed E-state index contributed by atoms with van der Waals surface area (Å²) in [6.07, 6.45) is -0.0842. The van der Waals surface area contributed by atoms with Crippen molar-refractivity contribution in [1.82, 2.24) is 10.2 Å². The van der Waals surface area contributed by atoms with Gasteiger partial charge >= 0.3 is 0 Å². The van der Waals surface area contributed by atoms with Gasteiger partial charge in [0, 0.05) is 31.7 Å². The molecule has 0 spiro atoms. The molecule has 7 nitrogen and oxygen atoms in total. The highest BCUT2D eigenvalue weighted by atomic mass is 16.5. The van der Waals surface area contributed by atoms with Crippen LogP contribution in [-0.2, 0) is 11.3 Å². The van der Waals surface area contributed by atoms with Gasteiger partial charge in [0.2, 0.25) is 0 Å². The van der Waals surface area contributed by atoms with Gasteiger partial charge in [0.05, 0.1) is 29.5 Å². The van der Waals surface area contributed by atoms with E-state index >= 15 is 0 Å². The summed E-state index contributed by atoms with van der Waals surface area (Å²) >= 11 is 0. The molecule has 1 N–H and O–H groups in total. The predicted octanol–water partition coefficient (Wildman–Crippen LogP) is 3.12. The number of nitrogens with zero attached hydrogens (tertiary/aromatic N) is 2. The number of carbonyl (C=O) groups excluding carboxylic acids is 3. The number of carbonyl (C=O) groups is 3. The third-order valence-corrected chi connectivity index (χ3v) is 6.14. The number of amides is 3. The minimum atomic E-state index is -0.354. The molecule has 0 bridgehead atoms. The monoisotopic (exact) mass is 455 g/mol. The summed E-state index contributed by atoms with van der Waals surface area (Å²) in [5.41, 5.74) is 2.93. The quantitative estimate of drug-likeness (QED) is 0.578. The molecular weight excluding hydrogens is 430 g/mol. The molecule has 1 atom stereocenters. The lowest BCUT2D eigenvalue weighted by Gasteiger charge is -2.33. The van der Waals surface area contributed by atoms with Crippen LogP contribution in [0.2, 0.25) is 0 Å². The SMILES string of the molecule is O=C(NCC1CN(Cc2ccccc2)CCO1)c1ccc(N2C(=O)c3ccccc3C2=O)cc1. The van der Waals surface area contributed by atoms with Gasteiger partial charge in [-0.3, -0.25) is 19.3 Å². The maximum Gasteiger partial charge on any atom is 0.266 e. The molecule has 0 aliphatic carbocycles. The van der Waals surface area contributed by atoms with E-state index in [0.29, 0.717) is 35.5 Å². The summed E-state index contributed by atoms with van der Waals surface area (Å²) in [5, 5.41) is 2.94. The van der Waals surface area contributed by atoms with E-state index in [1.807, 2.05) is 18.2 Å².